The van der Waals surface area contributed by atoms with E-state index in [0.717, 1.165) is 35.2 Å². The molecule has 0 aliphatic carbocycles. The molecule has 0 aliphatic heterocycles. The second kappa shape index (κ2) is 10.8. The van der Waals surface area contributed by atoms with Crippen molar-refractivity contribution in [2.24, 2.45) is 0 Å². The second-order valence-electron chi connectivity index (χ2n) is 8.65. The molecule has 37 heavy (non-hydrogen) atoms. The molecule has 11 heteroatoms. The van der Waals surface area contributed by atoms with Crippen molar-refractivity contribution in [1.29, 1.82) is 0 Å². The van der Waals surface area contributed by atoms with Crippen molar-refractivity contribution in [3.63, 3.8) is 0 Å². The molecule has 0 radical (unpaired) electrons. The quantitative estimate of drug-likeness (QED) is 0.194. The van der Waals surface area contributed by atoms with E-state index in [2.05, 4.69) is 4.98 Å². The predicted octanol–water partition coefficient (Wildman–Crippen LogP) is 6.54. The van der Waals surface area contributed by atoms with E-state index in [1.807, 2.05) is 26.0 Å². The third kappa shape index (κ3) is 5.51. The summed E-state index contributed by atoms with van der Waals surface area (Å²) >= 11 is 7.28. The van der Waals surface area contributed by atoms with E-state index in [0.29, 0.717) is 21.6 Å². The summed E-state index contributed by atoms with van der Waals surface area (Å²) in [6.45, 7) is 3.95. The van der Waals surface area contributed by atoms with Crippen molar-refractivity contribution >= 4 is 34.1 Å². The van der Waals surface area contributed by atoms with Gasteiger partial charge in [-0.3, -0.25) is 4.57 Å². The van der Waals surface area contributed by atoms with Gasteiger partial charge in [-0.05, 0) is 54.1 Å². The number of methoxy groups -OCH3 is 1. The van der Waals surface area contributed by atoms with Gasteiger partial charge in [0, 0.05) is 22.4 Å². The largest absolute Gasteiger partial charge is 0.495 e. The molecule has 0 saturated heterocycles. The van der Waals surface area contributed by atoms with Crippen LogP contribution in [0.15, 0.2) is 70.8 Å². The van der Waals surface area contributed by atoms with Crippen LogP contribution in [0.1, 0.15) is 30.7 Å². The normalized spacial score (nSPS) is 11.8. The van der Waals surface area contributed by atoms with Crippen molar-refractivity contribution in [3.8, 4) is 11.4 Å². The van der Waals surface area contributed by atoms with E-state index < -0.39 is 38.5 Å². The Balaban J connectivity index is 1.78. The van der Waals surface area contributed by atoms with Crippen LogP contribution in [0.25, 0.3) is 5.69 Å². The minimum Gasteiger partial charge on any atom is -0.495 e. The number of imidazole rings is 1. The number of ether oxygens (including phenoxy) is 1. The average Bonchev–Trinajstić information content (AvgIpc) is 3.28. The van der Waals surface area contributed by atoms with Gasteiger partial charge in [-0.15, -0.1) is 0 Å². The Labute approximate surface area is 223 Å². The zero-order chi connectivity index (χ0) is 26.9. The molecule has 1 aromatic heterocycles. The van der Waals surface area contributed by atoms with Crippen molar-refractivity contribution in [2.75, 3.05) is 7.11 Å². The number of thiol groups is 1. The first-order chi connectivity index (χ1) is 17.5. The number of nitrogens with zero attached hydrogens (tertiary/aromatic N) is 2. The lowest BCUT2D eigenvalue weighted by atomic mass is 9.81. The molecule has 1 heterocycles. The molecule has 3 aromatic carbocycles. The van der Waals surface area contributed by atoms with E-state index in [1.165, 1.54) is 19.2 Å². The van der Waals surface area contributed by atoms with Gasteiger partial charge in [0.25, 0.3) is 0 Å². The highest BCUT2D eigenvalue weighted by atomic mass is 35.5. The number of aromatic nitrogens is 2. The minimum absolute atomic E-state index is 0.152. The molecule has 4 aromatic rings. The molecule has 0 bridgehead atoms. The van der Waals surface area contributed by atoms with Crippen molar-refractivity contribution < 1.29 is 26.3 Å². The molecule has 0 fully saturated rings. The summed E-state index contributed by atoms with van der Waals surface area (Å²) in [5, 5.41) is 0.871. The van der Waals surface area contributed by atoms with Crippen molar-refractivity contribution in [2.45, 2.75) is 35.1 Å². The molecule has 0 atom stereocenters. The number of hydrogen-bond acceptors (Lipinski definition) is 5. The maximum absolute atomic E-state index is 14.5. The van der Waals surface area contributed by atoms with E-state index in [9.17, 15) is 21.6 Å². The van der Waals surface area contributed by atoms with Gasteiger partial charge >= 0.3 is 0 Å². The van der Waals surface area contributed by atoms with Crippen LogP contribution in [0.4, 0.5) is 13.2 Å². The molecule has 0 saturated carbocycles. The average molecular weight is 567 g/mol. The van der Waals surface area contributed by atoms with Gasteiger partial charge in [-0.2, -0.15) is 0 Å². The Morgan fingerprint density at radius 3 is 2.27 bits per heavy atom. The molecule has 0 amide bonds. The Morgan fingerprint density at radius 2 is 1.68 bits per heavy atom. The fourth-order valence-corrected chi connectivity index (χ4v) is 5.52. The number of thioether (sulfide) groups is 1. The summed E-state index contributed by atoms with van der Waals surface area (Å²) in [6.07, 6.45) is 1.66. The molecule has 0 aliphatic rings. The second-order valence-corrected chi connectivity index (χ2v) is 11.0. The minimum atomic E-state index is -3.12. The third-order valence-corrected chi connectivity index (χ3v) is 7.98. The summed E-state index contributed by atoms with van der Waals surface area (Å²) in [4.78, 5) is 4.08. The molecular weight excluding hydrogens is 545 g/mol. The maximum Gasteiger partial charge on any atom is 0.173 e. The fourth-order valence-electron chi connectivity index (χ4n) is 3.88. The maximum atomic E-state index is 14.5. The molecule has 0 unspecified atom stereocenters. The van der Waals surface area contributed by atoms with Gasteiger partial charge in [0.05, 0.1) is 28.9 Å². The third-order valence-electron chi connectivity index (χ3n) is 6.01. The zero-order valence-electron chi connectivity index (χ0n) is 20.0. The fraction of sp³-hybridized carbons (Fsp3) is 0.192. The molecule has 194 valence electrons. The molecule has 4 rings (SSSR count). The van der Waals surface area contributed by atoms with E-state index in [1.54, 1.807) is 29.0 Å². The SMILES string of the molecule is COc1cc(C(C)(C)c2cnc(SCc3c(F)cc([SH](=O)=O)cc3F)n2-c2ccc(F)cc2)ccc1Cl. The van der Waals surface area contributed by atoms with Crippen molar-refractivity contribution in [1.82, 2.24) is 9.55 Å². The van der Waals surface area contributed by atoms with Crippen LogP contribution in [0.2, 0.25) is 5.02 Å². The van der Waals surface area contributed by atoms with Crippen LogP contribution in [0.3, 0.4) is 0 Å². The molecule has 5 nitrogen and oxygen atoms in total. The summed E-state index contributed by atoms with van der Waals surface area (Å²) in [5.41, 5.74) is 1.28. The van der Waals surface area contributed by atoms with Crippen LogP contribution < -0.4 is 4.74 Å². The Hall–Kier alpha value is -2.95. The van der Waals surface area contributed by atoms with Crippen LogP contribution in [-0.2, 0) is 21.9 Å². The first-order valence-corrected chi connectivity index (χ1v) is 13.5. The van der Waals surface area contributed by atoms with Crippen LogP contribution in [-0.4, -0.2) is 25.1 Å². The number of benzene rings is 3. The highest BCUT2D eigenvalue weighted by Gasteiger charge is 2.30. The Bertz CT molecular complexity index is 1510. The van der Waals surface area contributed by atoms with Gasteiger partial charge < -0.3 is 4.74 Å². The van der Waals surface area contributed by atoms with Gasteiger partial charge in [0.1, 0.15) is 23.2 Å². The summed E-state index contributed by atoms with van der Waals surface area (Å²) in [7, 11) is -1.60. The van der Waals surface area contributed by atoms with Crippen LogP contribution in [0, 0.1) is 17.5 Å². The predicted molar refractivity (Wildman–Crippen MR) is 138 cm³/mol. The van der Waals surface area contributed by atoms with E-state index in [-0.39, 0.29) is 11.3 Å². The van der Waals surface area contributed by atoms with E-state index >= 15 is 0 Å². The highest BCUT2D eigenvalue weighted by Crippen LogP contribution is 2.39. The summed E-state index contributed by atoms with van der Waals surface area (Å²) < 4.78 is 72.3. The Kier molecular flexibility index (Phi) is 7.91. The lowest BCUT2D eigenvalue weighted by molar-refractivity contribution is 0.413. The lowest BCUT2D eigenvalue weighted by Crippen LogP contribution is -2.23. The van der Waals surface area contributed by atoms with E-state index in [4.69, 9.17) is 16.3 Å². The number of rotatable bonds is 8. The van der Waals surface area contributed by atoms with Gasteiger partial charge in [0.2, 0.25) is 0 Å². The summed E-state index contributed by atoms with van der Waals surface area (Å²) in [5.74, 6) is -1.99. The first kappa shape index (κ1) is 27.1. The molecular formula is C26H22ClF3N2O3S2. The topological polar surface area (TPSA) is 61.2 Å². The van der Waals surface area contributed by atoms with Crippen LogP contribution >= 0.6 is 23.4 Å². The zero-order valence-corrected chi connectivity index (χ0v) is 22.4. The number of halogens is 4. The molecule has 0 spiro atoms. The highest BCUT2D eigenvalue weighted by molar-refractivity contribution is 7.98. The van der Waals surface area contributed by atoms with Gasteiger partial charge in [-0.1, -0.05) is 43.3 Å². The van der Waals surface area contributed by atoms with Crippen LogP contribution in [0.5, 0.6) is 5.75 Å². The monoisotopic (exact) mass is 566 g/mol. The molecule has 0 N–H and O–H groups in total. The van der Waals surface area contributed by atoms with Crippen molar-refractivity contribution in [3.05, 3.63) is 100 Å². The van der Waals surface area contributed by atoms with Gasteiger partial charge in [0.15, 0.2) is 15.9 Å². The van der Waals surface area contributed by atoms with Gasteiger partial charge in [-0.25, -0.2) is 26.6 Å². The smallest absolute Gasteiger partial charge is 0.173 e. The standard InChI is InChI=1S/C26H22ClF3N2O3S2/c1-26(2,15-4-9-20(27)23(10-15)35-3)24-13-31-25(32(24)17-7-5-16(28)6-8-17)36-14-19-21(29)11-18(37(33)34)12-22(19)30/h4-13,37H,14H2,1-3H3. The first-order valence-electron chi connectivity index (χ1n) is 11.0. The number of hydrogen-bond donors (Lipinski definition) is 1. The lowest BCUT2D eigenvalue weighted by Gasteiger charge is -2.28. The Morgan fingerprint density at radius 1 is 1.03 bits per heavy atom. The summed E-state index contributed by atoms with van der Waals surface area (Å²) in [6, 6.07) is 12.8.